The van der Waals surface area contributed by atoms with Crippen LogP contribution in [0.3, 0.4) is 0 Å². The first kappa shape index (κ1) is 17.9. The molecule has 7 heteroatoms. The molecule has 2 rings (SSSR count). The number of carbonyl (C=O) groups excluding carboxylic acids is 1. The Morgan fingerprint density at radius 2 is 1.96 bits per heavy atom. The van der Waals surface area contributed by atoms with Crippen LogP contribution < -0.4 is 14.8 Å². The van der Waals surface area contributed by atoms with Crippen LogP contribution >= 0.6 is 0 Å². The van der Waals surface area contributed by atoms with Crippen molar-refractivity contribution in [1.29, 1.82) is 0 Å². The van der Waals surface area contributed by atoms with Crippen LogP contribution in [0.1, 0.15) is 13.3 Å². The Bertz CT molecular complexity index is 561. The first-order valence-electron chi connectivity index (χ1n) is 8.03. The number of amides is 2. The molecule has 1 aromatic carbocycles. The van der Waals surface area contributed by atoms with Crippen LogP contribution in [0.4, 0.5) is 4.79 Å². The number of methoxy groups -OCH3 is 1. The first-order chi connectivity index (χ1) is 11.5. The van der Waals surface area contributed by atoms with Crippen LogP contribution in [0, 0.1) is 11.8 Å². The van der Waals surface area contributed by atoms with Gasteiger partial charge in [0.15, 0.2) is 0 Å². The van der Waals surface area contributed by atoms with Gasteiger partial charge in [-0.25, -0.2) is 4.79 Å². The lowest BCUT2D eigenvalue weighted by molar-refractivity contribution is -0.145. The molecule has 2 unspecified atom stereocenters. The molecule has 1 heterocycles. The van der Waals surface area contributed by atoms with E-state index in [2.05, 4.69) is 5.32 Å². The molecule has 0 radical (unpaired) electrons. The van der Waals surface area contributed by atoms with Gasteiger partial charge in [-0.15, -0.1) is 0 Å². The van der Waals surface area contributed by atoms with Crippen LogP contribution in [0.5, 0.6) is 11.5 Å². The van der Waals surface area contributed by atoms with E-state index in [4.69, 9.17) is 14.6 Å². The Kier molecular flexibility index (Phi) is 6.28. The maximum Gasteiger partial charge on any atom is 0.317 e. The fourth-order valence-corrected chi connectivity index (χ4v) is 2.81. The average Bonchev–Trinajstić information content (AvgIpc) is 2.58. The number of aliphatic carboxylic acids is 1. The van der Waals surface area contributed by atoms with Gasteiger partial charge in [-0.3, -0.25) is 4.79 Å². The lowest BCUT2D eigenvalue weighted by Gasteiger charge is -2.34. The van der Waals surface area contributed by atoms with Crippen molar-refractivity contribution in [2.45, 2.75) is 13.3 Å². The monoisotopic (exact) mass is 336 g/mol. The summed E-state index contributed by atoms with van der Waals surface area (Å²) in [5, 5.41) is 11.9. The minimum atomic E-state index is -0.782. The largest absolute Gasteiger partial charge is 0.497 e. The molecular weight excluding hydrogens is 312 g/mol. The number of likely N-dealkylation sites (tertiary alicyclic amines) is 1. The van der Waals surface area contributed by atoms with Crippen molar-refractivity contribution in [2.75, 3.05) is 33.4 Å². The Morgan fingerprint density at radius 3 is 2.54 bits per heavy atom. The van der Waals surface area contributed by atoms with E-state index in [-0.39, 0.29) is 17.9 Å². The maximum absolute atomic E-state index is 12.1. The zero-order valence-corrected chi connectivity index (χ0v) is 14.0. The smallest absolute Gasteiger partial charge is 0.317 e. The lowest BCUT2D eigenvalue weighted by atomic mass is 9.87. The first-order valence-corrected chi connectivity index (χ1v) is 8.03. The SMILES string of the molecule is COc1ccc(OCCNC(=O)N2CCC(C(=O)O)C(C)C2)cc1. The molecule has 0 saturated carbocycles. The molecule has 0 aromatic heterocycles. The Hall–Kier alpha value is -2.44. The average molecular weight is 336 g/mol. The van der Waals surface area contributed by atoms with Crippen LogP contribution in [0.15, 0.2) is 24.3 Å². The molecule has 24 heavy (non-hydrogen) atoms. The summed E-state index contributed by atoms with van der Waals surface area (Å²) in [6.45, 7) is 3.54. The zero-order valence-electron chi connectivity index (χ0n) is 14.0. The normalized spacial score (nSPS) is 20.3. The van der Waals surface area contributed by atoms with E-state index in [1.54, 1.807) is 24.1 Å². The van der Waals surface area contributed by atoms with Crippen molar-refractivity contribution in [2.24, 2.45) is 11.8 Å². The van der Waals surface area contributed by atoms with E-state index in [1.165, 1.54) is 0 Å². The van der Waals surface area contributed by atoms with Crippen molar-refractivity contribution in [3.05, 3.63) is 24.3 Å². The number of piperidine rings is 1. The van der Waals surface area contributed by atoms with Crippen molar-refractivity contribution in [1.82, 2.24) is 10.2 Å². The van der Waals surface area contributed by atoms with E-state index < -0.39 is 5.97 Å². The van der Waals surface area contributed by atoms with E-state index in [1.807, 2.05) is 19.1 Å². The maximum atomic E-state index is 12.1. The minimum Gasteiger partial charge on any atom is -0.497 e. The summed E-state index contributed by atoms with van der Waals surface area (Å²) in [7, 11) is 1.60. The number of benzene rings is 1. The van der Waals surface area contributed by atoms with Crippen LogP contribution in [0.2, 0.25) is 0 Å². The highest BCUT2D eigenvalue weighted by Gasteiger charge is 2.32. The van der Waals surface area contributed by atoms with Gasteiger partial charge < -0.3 is 24.8 Å². The molecule has 0 spiro atoms. The molecule has 0 aliphatic carbocycles. The van der Waals surface area contributed by atoms with Gasteiger partial charge in [0.25, 0.3) is 0 Å². The van der Waals surface area contributed by atoms with Gasteiger partial charge in [0.05, 0.1) is 19.6 Å². The quantitative estimate of drug-likeness (QED) is 0.774. The Balaban J connectivity index is 1.68. The standard InChI is InChI=1S/C17H24N2O5/c1-12-11-19(9-7-15(12)16(20)21)17(22)18-8-10-24-14-5-3-13(23-2)4-6-14/h3-6,12,15H,7-11H2,1-2H3,(H,18,22)(H,20,21). The Labute approximate surface area is 141 Å². The van der Waals surface area contributed by atoms with E-state index in [9.17, 15) is 9.59 Å². The summed E-state index contributed by atoms with van der Waals surface area (Å²) in [5.74, 6) is 0.274. The third-order valence-electron chi connectivity index (χ3n) is 4.22. The molecule has 1 aliphatic heterocycles. The molecule has 2 atom stereocenters. The van der Waals surface area contributed by atoms with Gasteiger partial charge in [-0.1, -0.05) is 6.92 Å². The lowest BCUT2D eigenvalue weighted by Crippen LogP contribution is -2.49. The summed E-state index contributed by atoms with van der Waals surface area (Å²) >= 11 is 0. The summed E-state index contributed by atoms with van der Waals surface area (Å²) in [4.78, 5) is 24.9. The number of carbonyl (C=O) groups is 2. The van der Waals surface area contributed by atoms with E-state index in [0.29, 0.717) is 38.4 Å². The number of carboxylic acids is 1. The number of nitrogens with zero attached hydrogens (tertiary/aromatic N) is 1. The van der Waals surface area contributed by atoms with Crippen molar-refractivity contribution in [3.8, 4) is 11.5 Å². The fourth-order valence-electron chi connectivity index (χ4n) is 2.81. The predicted octanol–water partition coefficient (Wildman–Crippen LogP) is 1.83. The van der Waals surface area contributed by atoms with Crippen molar-refractivity contribution in [3.63, 3.8) is 0 Å². The fraction of sp³-hybridized carbons (Fsp3) is 0.529. The number of rotatable bonds is 6. The predicted molar refractivity (Wildman–Crippen MR) is 88.4 cm³/mol. The van der Waals surface area contributed by atoms with E-state index in [0.717, 1.165) is 5.75 Å². The third kappa shape index (κ3) is 4.78. The molecule has 1 aliphatic rings. The minimum absolute atomic E-state index is 0.0439. The summed E-state index contributed by atoms with van der Waals surface area (Å²) in [6, 6.07) is 7.05. The second kappa shape index (κ2) is 8.42. The van der Waals surface area contributed by atoms with Gasteiger partial charge in [-0.2, -0.15) is 0 Å². The highest BCUT2D eigenvalue weighted by Crippen LogP contribution is 2.23. The summed E-state index contributed by atoms with van der Waals surface area (Å²) in [6.07, 6.45) is 0.492. The van der Waals surface area contributed by atoms with Gasteiger partial charge >= 0.3 is 12.0 Å². The molecule has 1 saturated heterocycles. The molecule has 7 nitrogen and oxygen atoms in total. The van der Waals surface area contributed by atoms with Gasteiger partial charge in [0.1, 0.15) is 18.1 Å². The van der Waals surface area contributed by atoms with Gasteiger partial charge in [-0.05, 0) is 36.6 Å². The number of urea groups is 1. The summed E-state index contributed by atoms with van der Waals surface area (Å²) in [5.41, 5.74) is 0. The van der Waals surface area contributed by atoms with Gasteiger partial charge in [0, 0.05) is 13.1 Å². The van der Waals surface area contributed by atoms with Crippen LogP contribution in [-0.2, 0) is 4.79 Å². The van der Waals surface area contributed by atoms with Crippen molar-refractivity contribution < 1.29 is 24.2 Å². The molecule has 1 aromatic rings. The second-order valence-corrected chi connectivity index (χ2v) is 5.91. The molecule has 2 N–H and O–H groups in total. The molecule has 0 bridgehead atoms. The number of carboxylic acid groups (broad SMARTS) is 1. The highest BCUT2D eigenvalue weighted by atomic mass is 16.5. The summed E-state index contributed by atoms with van der Waals surface area (Å²) < 4.78 is 10.6. The second-order valence-electron chi connectivity index (χ2n) is 5.91. The highest BCUT2D eigenvalue weighted by molar-refractivity contribution is 5.75. The number of ether oxygens (including phenoxy) is 2. The van der Waals surface area contributed by atoms with Crippen molar-refractivity contribution >= 4 is 12.0 Å². The topological polar surface area (TPSA) is 88.1 Å². The zero-order chi connectivity index (χ0) is 17.5. The molecular formula is C17H24N2O5. The van der Waals surface area contributed by atoms with Crippen LogP contribution in [0.25, 0.3) is 0 Å². The van der Waals surface area contributed by atoms with Gasteiger partial charge in [0.2, 0.25) is 0 Å². The number of hydrogen-bond acceptors (Lipinski definition) is 4. The molecule has 1 fully saturated rings. The van der Waals surface area contributed by atoms with E-state index >= 15 is 0 Å². The van der Waals surface area contributed by atoms with Crippen LogP contribution in [-0.4, -0.2) is 55.4 Å². The Morgan fingerprint density at radius 1 is 1.29 bits per heavy atom. The number of nitrogens with one attached hydrogen (secondary N) is 1. The molecule has 132 valence electrons. The molecule has 2 amide bonds. The third-order valence-corrected chi connectivity index (χ3v) is 4.22. The number of hydrogen-bond donors (Lipinski definition) is 2.